The van der Waals surface area contributed by atoms with Crippen LogP contribution in [0.25, 0.3) is 6.08 Å². The second kappa shape index (κ2) is 8.47. The molecule has 1 aromatic rings. The summed E-state index contributed by atoms with van der Waals surface area (Å²) < 4.78 is 11.1. The Morgan fingerprint density at radius 2 is 1.77 bits per heavy atom. The fourth-order valence-electron chi connectivity index (χ4n) is 1.81. The number of rotatable bonds is 8. The van der Waals surface area contributed by atoms with Gasteiger partial charge in [0.05, 0.1) is 13.2 Å². The molecule has 1 aromatic carbocycles. The van der Waals surface area contributed by atoms with Gasteiger partial charge in [-0.05, 0) is 57.9 Å². The predicted octanol–water partition coefficient (Wildman–Crippen LogP) is 3.80. The van der Waals surface area contributed by atoms with Crippen LogP contribution in [-0.4, -0.2) is 24.7 Å². The summed E-state index contributed by atoms with van der Waals surface area (Å²) in [5.74, 6) is 1.32. The molecular weight excluding hydrogens is 278 g/mol. The van der Waals surface area contributed by atoms with Crippen molar-refractivity contribution in [2.45, 2.75) is 46.6 Å². The number of carbonyl (C=O) groups excluding carboxylic acids is 1. The number of nitrogens with one attached hydrogen (secondary N) is 1. The van der Waals surface area contributed by atoms with Crippen LogP contribution in [-0.2, 0) is 4.79 Å². The van der Waals surface area contributed by atoms with Crippen molar-refractivity contribution >= 4 is 12.0 Å². The lowest BCUT2D eigenvalue weighted by atomic mass is 10.0. The van der Waals surface area contributed by atoms with Crippen molar-refractivity contribution < 1.29 is 14.3 Å². The monoisotopic (exact) mass is 305 g/mol. The van der Waals surface area contributed by atoms with E-state index in [4.69, 9.17) is 9.47 Å². The molecule has 4 heteroatoms. The number of amides is 1. The fraction of sp³-hybridized carbons (Fsp3) is 0.500. The van der Waals surface area contributed by atoms with E-state index in [1.807, 2.05) is 52.8 Å². The van der Waals surface area contributed by atoms with Crippen molar-refractivity contribution in [2.75, 3.05) is 13.2 Å². The van der Waals surface area contributed by atoms with Crippen LogP contribution in [0.2, 0.25) is 0 Å². The van der Waals surface area contributed by atoms with Crippen LogP contribution in [0, 0.1) is 0 Å². The molecule has 0 heterocycles. The number of ether oxygens (including phenoxy) is 2. The van der Waals surface area contributed by atoms with Crippen molar-refractivity contribution in [3.63, 3.8) is 0 Å². The van der Waals surface area contributed by atoms with Gasteiger partial charge in [0.25, 0.3) is 0 Å². The first-order valence-corrected chi connectivity index (χ1v) is 7.81. The van der Waals surface area contributed by atoms with E-state index in [-0.39, 0.29) is 11.4 Å². The Kier molecular flexibility index (Phi) is 6.96. The van der Waals surface area contributed by atoms with Gasteiger partial charge < -0.3 is 14.8 Å². The van der Waals surface area contributed by atoms with Crippen LogP contribution < -0.4 is 14.8 Å². The summed E-state index contributed by atoms with van der Waals surface area (Å²) >= 11 is 0. The fourth-order valence-corrected chi connectivity index (χ4v) is 1.81. The summed E-state index contributed by atoms with van der Waals surface area (Å²) in [4.78, 5) is 11.9. The van der Waals surface area contributed by atoms with E-state index in [0.29, 0.717) is 19.0 Å². The Labute approximate surface area is 133 Å². The molecule has 0 aliphatic heterocycles. The molecule has 4 nitrogen and oxygen atoms in total. The molecule has 0 saturated carbocycles. The molecule has 0 aliphatic rings. The van der Waals surface area contributed by atoms with Crippen LogP contribution in [0.3, 0.4) is 0 Å². The van der Waals surface area contributed by atoms with Crippen LogP contribution in [0.1, 0.15) is 46.6 Å². The molecule has 0 bridgehead atoms. The Bertz CT molecular complexity index is 521. The second-order valence-corrected chi connectivity index (χ2v) is 5.63. The first kappa shape index (κ1) is 18.1. The highest BCUT2D eigenvalue weighted by molar-refractivity contribution is 5.92. The van der Waals surface area contributed by atoms with E-state index in [1.54, 1.807) is 12.2 Å². The normalized spacial score (nSPS) is 11.5. The molecule has 0 spiro atoms. The third-order valence-electron chi connectivity index (χ3n) is 3.34. The van der Waals surface area contributed by atoms with Gasteiger partial charge in [0.1, 0.15) is 0 Å². The third-order valence-corrected chi connectivity index (χ3v) is 3.34. The lowest BCUT2D eigenvalue weighted by Gasteiger charge is -2.23. The highest BCUT2D eigenvalue weighted by atomic mass is 16.5. The summed E-state index contributed by atoms with van der Waals surface area (Å²) in [6.45, 7) is 11.1. The van der Waals surface area contributed by atoms with Gasteiger partial charge in [0.2, 0.25) is 5.91 Å². The molecule has 0 fully saturated rings. The highest BCUT2D eigenvalue weighted by Gasteiger charge is 2.15. The Balaban J connectivity index is 2.82. The van der Waals surface area contributed by atoms with E-state index < -0.39 is 0 Å². The van der Waals surface area contributed by atoms with Crippen LogP contribution in [0.4, 0.5) is 0 Å². The Morgan fingerprint density at radius 3 is 2.36 bits per heavy atom. The summed E-state index contributed by atoms with van der Waals surface area (Å²) in [6.07, 6.45) is 4.20. The average Bonchev–Trinajstić information content (AvgIpc) is 2.47. The molecule has 0 saturated heterocycles. The van der Waals surface area contributed by atoms with E-state index in [1.165, 1.54) is 0 Å². The molecular formula is C18H27NO3. The van der Waals surface area contributed by atoms with Crippen molar-refractivity contribution in [2.24, 2.45) is 0 Å². The maximum absolute atomic E-state index is 11.9. The first-order valence-electron chi connectivity index (χ1n) is 7.81. The second-order valence-electron chi connectivity index (χ2n) is 5.63. The van der Waals surface area contributed by atoms with Crippen molar-refractivity contribution in [3.8, 4) is 11.5 Å². The molecule has 1 N–H and O–H groups in total. The third kappa shape index (κ3) is 5.80. The highest BCUT2D eigenvalue weighted by Crippen LogP contribution is 2.29. The number of hydrogen-bond acceptors (Lipinski definition) is 3. The van der Waals surface area contributed by atoms with Gasteiger partial charge in [-0.1, -0.05) is 13.0 Å². The molecule has 0 unspecified atom stereocenters. The lowest BCUT2D eigenvalue weighted by molar-refractivity contribution is -0.117. The van der Waals surface area contributed by atoms with E-state index in [0.717, 1.165) is 17.7 Å². The topological polar surface area (TPSA) is 47.6 Å². The van der Waals surface area contributed by atoms with E-state index in [9.17, 15) is 4.79 Å². The molecule has 22 heavy (non-hydrogen) atoms. The SMILES string of the molecule is CCOc1ccc(/C=C/C(=O)NC(C)(C)CC)cc1OCC. The number of benzene rings is 1. The van der Waals surface area contributed by atoms with Gasteiger partial charge in [-0.3, -0.25) is 4.79 Å². The predicted molar refractivity (Wildman–Crippen MR) is 90.3 cm³/mol. The average molecular weight is 305 g/mol. The summed E-state index contributed by atoms with van der Waals surface area (Å²) in [5, 5.41) is 2.97. The van der Waals surface area contributed by atoms with Crippen molar-refractivity contribution in [1.29, 1.82) is 0 Å². The zero-order valence-electron chi connectivity index (χ0n) is 14.2. The largest absolute Gasteiger partial charge is 0.490 e. The molecule has 1 rings (SSSR count). The van der Waals surface area contributed by atoms with Gasteiger partial charge in [0, 0.05) is 11.6 Å². The Hall–Kier alpha value is -1.97. The maximum Gasteiger partial charge on any atom is 0.244 e. The molecule has 1 amide bonds. The minimum absolute atomic E-state index is 0.0984. The maximum atomic E-state index is 11.9. The summed E-state index contributed by atoms with van der Waals surface area (Å²) in [5.41, 5.74) is 0.702. The minimum Gasteiger partial charge on any atom is -0.490 e. The zero-order chi connectivity index (χ0) is 16.6. The van der Waals surface area contributed by atoms with E-state index >= 15 is 0 Å². The van der Waals surface area contributed by atoms with Crippen molar-refractivity contribution in [1.82, 2.24) is 5.32 Å². The standard InChI is InChI=1S/C18H27NO3/c1-6-18(4,5)19-17(20)12-10-14-9-11-15(21-7-2)16(13-14)22-8-3/h9-13H,6-8H2,1-5H3,(H,19,20)/b12-10+. The van der Waals surface area contributed by atoms with Crippen LogP contribution in [0.15, 0.2) is 24.3 Å². The molecule has 0 radical (unpaired) electrons. The van der Waals surface area contributed by atoms with Gasteiger partial charge >= 0.3 is 0 Å². The lowest BCUT2D eigenvalue weighted by Crippen LogP contribution is -2.41. The Morgan fingerprint density at radius 1 is 1.14 bits per heavy atom. The van der Waals surface area contributed by atoms with Crippen LogP contribution in [0.5, 0.6) is 11.5 Å². The minimum atomic E-state index is -0.198. The summed E-state index contributed by atoms with van der Waals surface area (Å²) in [6, 6.07) is 5.65. The van der Waals surface area contributed by atoms with Gasteiger partial charge in [-0.2, -0.15) is 0 Å². The quantitative estimate of drug-likeness (QED) is 0.743. The van der Waals surface area contributed by atoms with Crippen molar-refractivity contribution in [3.05, 3.63) is 29.8 Å². The molecule has 122 valence electrons. The molecule has 0 aliphatic carbocycles. The summed E-state index contributed by atoms with van der Waals surface area (Å²) in [7, 11) is 0. The first-order chi connectivity index (χ1) is 10.4. The van der Waals surface area contributed by atoms with Gasteiger partial charge in [-0.25, -0.2) is 0 Å². The van der Waals surface area contributed by atoms with E-state index in [2.05, 4.69) is 5.32 Å². The smallest absolute Gasteiger partial charge is 0.244 e. The molecule has 0 aromatic heterocycles. The zero-order valence-corrected chi connectivity index (χ0v) is 14.2. The number of hydrogen-bond donors (Lipinski definition) is 1. The number of carbonyl (C=O) groups is 1. The van der Waals surface area contributed by atoms with Gasteiger partial charge in [0.15, 0.2) is 11.5 Å². The van der Waals surface area contributed by atoms with Gasteiger partial charge in [-0.15, -0.1) is 0 Å². The molecule has 0 atom stereocenters. The van der Waals surface area contributed by atoms with Crippen LogP contribution >= 0.6 is 0 Å².